The van der Waals surface area contributed by atoms with Crippen LogP contribution in [-0.2, 0) is 0 Å². The molecule has 0 bridgehead atoms. The lowest BCUT2D eigenvalue weighted by atomic mass is 10.3. The fourth-order valence-corrected chi connectivity index (χ4v) is 0.996. The molecule has 15 heavy (non-hydrogen) atoms. The van der Waals surface area contributed by atoms with Crippen LogP contribution >= 0.6 is 0 Å². The van der Waals surface area contributed by atoms with E-state index in [9.17, 15) is 5.11 Å². The first-order chi connectivity index (χ1) is 7.92. The molecule has 1 rings (SSSR count). The van der Waals surface area contributed by atoms with Crippen LogP contribution in [0.1, 0.15) is 16.6 Å². The van der Waals surface area contributed by atoms with Gasteiger partial charge in [-0.05, 0) is 12.1 Å². The van der Waals surface area contributed by atoms with Crippen molar-refractivity contribution < 1.29 is 12.6 Å². The molecule has 3 nitrogen and oxygen atoms in total. The Bertz CT molecular complexity index is 331. The van der Waals surface area contributed by atoms with Crippen LogP contribution in [0.5, 0.6) is 5.75 Å². The van der Waals surface area contributed by atoms with Crippen molar-refractivity contribution >= 4 is 0 Å². The van der Waals surface area contributed by atoms with Crippen LogP contribution in [0.15, 0.2) is 30.3 Å². The fourth-order valence-electron chi connectivity index (χ4n) is 0.996. The van der Waals surface area contributed by atoms with E-state index in [2.05, 4.69) is 5.32 Å². The monoisotopic (exact) mass is 211 g/mol. The van der Waals surface area contributed by atoms with E-state index in [0.29, 0.717) is 5.75 Å². The van der Waals surface area contributed by atoms with Gasteiger partial charge >= 0.3 is 0 Å². The minimum Gasteiger partial charge on any atom is -0.491 e. The molecule has 0 aliphatic heterocycles. The molecule has 0 amide bonds. The van der Waals surface area contributed by atoms with Gasteiger partial charge in [0.05, 0.1) is 0 Å². The molecule has 0 spiro atoms. The first kappa shape index (κ1) is 9.19. The van der Waals surface area contributed by atoms with E-state index in [1.54, 1.807) is 12.1 Å². The van der Waals surface area contributed by atoms with Gasteiger partial charge in [0.15, 0.2) is 0 Å². The van der Waals surface area contributed by atoms with E-state index in [4.69, 9.17) is 7.48 Å². The number of para-hydroxylation sites is 1. The Labute approximate surface area is 93.9 Å². The molecule has 0 heterocycles. The lowest BCUT2D eigenvalue weighted by Gasteiger charge is -2.14. The zero-order chi connectivity index (χ0) is 12.9. The molecule has 0 radical (unpaired) electrons. The van der Waals surface area contributed by atoms with Crippen LogP contribution in [-0.4, -0.2) is 30.4 Å². The zero-order valence-corrected chi connectivity index (χ0v) is 9.10. The molecule has 1 aromatic rings. The van der Waals surface area contributed by atoms with Gasteiger partial charge in [-0.25, -0.2) is 0 Å². The summed E-state index contributed by atoms with van der Waals surface area (Å²) in [6.45, 7) is 1.70. The maximum Gasteiger partial charge on any atom is 0.119 e. The number of aliphatic hydroxyl groups excluding tert-OH is 1. The Hall–Kier alpha value is -1.06. The second kappa shape index (κ2) is 6.43. The predicted octanol–water partition coefficient (Wildman–Crippen LogP) is 1.42. The SMILES string of the molecule is [2H]C([2H])(NC(C)C)C(O)COc1ccccc1. The minimum atomic E-state index is -1.86. The normalized spacial score (nSPS) is 15.7. The number of hydrogen-bond donors (Lipinski definition) is 2. The Morgan fingerprint density at radius 1 is 1.40 bits per heavy atom. The first-order valence-corrected chi connectivity index (χ1v) is 5.05. The van der Waals surface area contributed by atoms with Gasteiger partial charge in [0.25, 0.3) is 0 Å². The molecule has 0 saturated carbocycles. The lowest BCUT2D eigenvalue weighted by Crippen LogP contribution is -2.35. The molecule has 0 saturated heterocycles. The van der Waals surface area contributed by atoms with Crippen molar-refractivity contribution in [1.82, 2.24) is 5.32 Å². The third-order valence-corrected chi connectivity index (χ3v) is 1.69. The highest BCUT2D eigenvalue weighted by Gasteiger charge is 2.05. The van der Waals surface area contributed by atoms with Crippen LogP contribution in [0, 0.1) is 0 Å². The average molecular weight is 211 g/mol. The molecule has 1 unspecified atom stereocenters. The van der Waals surface area contributed by atoms with Gasteiger partial charge in [0, 0.05) is 15.3 Å². The lowest BCUT2D eigenvalue weighted by molar-refractivity contribution is 0.104. The predicted molar refractivity (Wildman–Crippen MR) is 61.1 cm³/mol. The topological polar surface area (TPSA) is 41.5 Å². The van der Waals surface area contributed by atoms with Crippen molar-refractivity contribution in [3.05, 3.63) is 30.3 Å². The summed E-state index contributed by atoms with van der Waals surface area (Å²) in [4.78, 5) is 0. The molecular weight excluding hydrogens is 190 g/mol. The van der Waals surface area contributed by atoms with E-state index < -0.39 is 12.6 Å². The van der Waals surface area contributed by atoms with Crippen LogP contribution in [0.25, 0.3) is 0 Å². The molecule has 2 N–H and O–H groups in total. The highest BCUT2D eigenvalue weighted by atomic mass is 16.5. The Kier molecular flexibility index (Phi) is 3.94. The number of aliphatic hydroxyl groups is 1. The highest BCUT2D eigenvalue weighted by Crippen LogP contribution is 2.08. The third-order valence-electron chi connectivity index (χ3n) is 1.69. The molecule has 1 atom stereocenters. The second-order valence-electron chi connectivity index (χ2n) is 3.58. The van der Waals surface area contributed by atoms with E-state index in [-0.39, 0.29) is 12.6 Å². The summed E-state index contributed by atoms with van der Waals surface area (Å²) in [5, 5.41) is 12.4. The summed E-state index contributed by atoms with van der Waals surface area (Å²) in [5.74, 6) is 0.617. The Morgan fingerprint density at radius 3 is 2.67 bits per heavy atom. The Balaban J connectivity index is 2.46. The number of ether oxygens (including phenoxy) is 1. The standard InChI is InChI=1S/C12H19NO2/c1-10(2)13-8-11(14)9-15-12-6-4-3-5-7-12/h3-7,10-11,13-14H,8-9H2,1-2H3/i8D2. The van der Waals surface area contributed by atoms with Crippen molar-refractivity contribution in [3.8, 4) is 5.75 Å². The van der Waals surface area contributed by atoms with Crippen molar-refractivity contribution in [3.63, 3.8) is 0 Å². The Morgan fingerprint density at radius 2 is 2.07 bits per heavy atom. The van der Waals surface area contributed by atoms with Gasteiger partial charge < -0.3 is 15.2 Å². The number of hydrogen-bond acceptors (Lipinski definition) is 3. The van der Waals surface area contributed by atoms with Crippen molar-refractivity contribution in [2.75, 3.05) is 13.1 Å². The fraction of sp³-hybridized carbons (Fsp3) is 0.500. The maximum absolute atomic E-state index is 9.72. The van der Waals surface area contributed by atoms with Gasteiger partial charge in [-0.1, -0.05) is 32.0 Å². The molecular formula is C12H19NO2. The van der Waals surface area contributed by atoms with Crippen molar-refractivity contribution in [1.29, 1.82) is 0 Å². The van der Waals surface area contributed by atoms with Gasteiger partial charge in [-0.3, -0.25) is 0 Å². The molecule has 0 aromatic heterocycles. The van der Waals surface area contributed by atoms with Crippen molar-refractivity contribution in [2.45, 2.75) is 26.0 Å². The van der Waals surface area contributed by atoms with Crippen LogP contribution < -0.4 is 10.1 Å². The quantitative estimate of drug-likeness (QED) is 0.748. The van der Waals surface area contributed by atoms with Crippen LogP contribution in [0.4, 0.5) is 0 Å². The summed E-state index contributed by atoms with van der Waals surface area (Å²) >= 11 is 0. The van der Waals surface area contributed by atoms with Gasteiger partial charge in [0.1, 0.15) is 18.5 Å². The maximum atomic E-state index is 9.72. The second-order valence-corrected chi connectivity index (χ2v) is 3.58. The summed E-state index contributed by atoms with van der Waals surface area (Å²) in [5.41, 5.74) is 0. The number of rotatable bonds is 6. The van der Waals surface area contributed by atoms with E-state index in [0.717, 1.165) is 0 Å². The van der Waals surface area contributed by atoms with Crippen LogP contribution in [0.3, 0.4) is 0 Å². The van der Waals surface area contributed by atoms with Gasteiger partial charge in [-0.2, -0.15) is 0 Å². The minimum absolute atomic E-state index is 0.0450. The smallest absolute Gasteiger partial charge is 0.119 e. The summed E-state index contributed by atoms with van der Waals surface area (Å²) in [7, 11) is 0. The van der Waals surface area contributed by atoms with Gasteiger partial charge in [0.2, 0.25) is 0 Å². The third kappa shape index (κ3) is 5.40. The molecule has 0 aliphatic rings. The largest absolute Gasteiger partial charge is 0.491 e. The summed E-state index contributed by atoms with van der Waals surface area (Å²) < 4.78 is 20.6. The average Bonchev–Trinajstić information content (AvgIpc) is 2.25. The number of nitrogens with one attached hydrogen (secondary N) is 1. The molecule has 84 valence electrons. The molecule has 3 heteroatoms. The van der Waals surface area contributed by atoms with E-state index in [1.807, 2.05) is 32.0 Å². The van der Waals surface area contributed by atoms with E-state index in [1.165, 1.54) is 0 Å². The summed E-state index contributed by atoms with van der Waals surface area (Å²) in [6, 6.07) is 8.99. The summed E-state index contributed by atoms with van der Waals surface area (Å²) in [6.07, 6.45) is -1.22. The van der Waals surface area contributed by atoms with Gasteiger partial charge in [-0.15, -0.1) is 0 Å². The molecule has 0 fully saturated rings. The first-order valence-electron chi connectivity index (χ1n) is 6.05. The van der Waals surface area contributed by atoms with E-state index >= 15 is 0 Å². The molecule has 1 aromatic carbocycles. The molecule has 0 aliphatic carbocycles. The van der Waals surface area contributed by atoms with Crippen molar-refractivity contribution in [2.24, 2.45) is 0 Å². The van der Waals surface area contributed by atoms with Crippen LogP contribution in [0.2, 0.25) is 0 Å². The zero-order valence-electron chi connectivity index (χ0n) is 11.1. The number of benzene rings is 1. The highest BCUT2D eigenvalue weighted by molar-refractivity contribution is 5.20.